The molecular weight excluding hydrogens is 281 g/mol. The van der Waals surface area contributed by atoms with Gasteiger partial charge in [-0.3, -0.25) is 5.84 Å². The first kappa shape index (κ1) is 15.3. The van der Waals surface area contributed by atoms with E-state index in [0.29, 0.717) is 0 Å². The van der Waals surface area contributed by atoms with Gasteiger partial charge in [-0.1, -0.05) is 42.0 Å². The van der Waals surface area contributed by atoms with Gasteiger partial charge in [0.25, 0.3) is 0 Å². The molecule has 0 aliphatic heterocycles. The predicted molar refractivity (Wildman–Crippen MR) is 73.5 cm³/mol. The standard InChI is InChI=1S/C15H15F3N2O/c1-10-3-2-4-12(9-10)14(20-19)11-5-7-13(8-6-11)21-15(16,17)18/h2-9,14,20H,19H2,1H3. The van der Waals surface area contributed by atoms with Crippen molar-refractivity contribution in [3.63, 3.8) is 0 Å². The van der Waals surface area contributed by atoms with Crippen LogP contribution in [-0.2, 0) is 0 Å². The molecule has 0 heterocycles. The fourth-order valence-corrected chi connectivity index (χ4v) is 2.10. The number of hydrogen-bond acceptors (Lipinski definition) is 3. The topological polar surface area (TPSA) is 47.3 Å². The molecule has 0 aliphatic carbocycles. The lowest BCUT2D eigenvalue weighted by molar-refractivity contribution is -0.274. The molecule has 1 atom stereocenters. The monoisotopic (exact) mass is 296 g/mol. The van der Waals surface area contributed by atoms with E-state index in [2.05, 4.69) is 10.2 Å². The molecule has 2 aromatic carbocycles. The second-order valence-corrected chi connectivity index (χ2v) is 4.63. The smallest absolute Gasteiger partial charge is 0.406 e. The van der Waals surface area contributed by atoms with Crippen molar-refractivity contribution in [2.45, 2.75) is 19.3 Å². The molecule has 0 radical (unpaired) electrons. The molecule has 0 aromatic heterocycles. The first-order valence-electron chi connectivity index (χ1n) is 6.27. The van der Waals surface area contributed by atoms with Crippen molar-refractivity contribution < 1.29 is 17.9 Å². The maximum Gasteiger partial charge on any atom is 0.573 e. The van der Waals surface area contributed by atoms with E-state index >= 15 is 0 Å². The van der Waals surface area contributed by atoms with Crippen LogP contribution in [-0.4, -0.2) is 6.36 Å². The highest BCUT2D eigenvalue weighted by Crippen LogP contribution is 2.27. The summed E-state index contributed by atoms with van der Waals surface area (Å²) in [4.78, 5) is 0. The normalized spacial score (nSPS) is 13.0. The molecule has 6 heteroatoms. The summed E-state index contributed by atoms with van der Waals surface area (Å²) in [5.41, 5.74) is 5.42. The lowest BCUT2D eigenvalue weighted by Gasteiger charge is -2.18. The number of halogens is 3. The average Bonchev–Trinajstić information content (AvgIpc) is 2.40. The highest BCUT2D eigenvalue weighted by molar-refractivity contribution is 5.36. The van der Waals surface area contributed by atoms with Crippen LogP contribution in [0.5, 0.6) is 5.75 Å². The lowest BCUT2D eigenvalue weighted by Crippen LogP contribution is -2.28. The zero-order valence-corrected chi connectivity index (χ0v) is 11.3. The van der Waals surface area contributed by atoms with Crippen molar-refractivity contribution in [2.75, 3.05) is 0 Å². The van der Waals surface area contributed by atoms with Gasteiger partial charge in [0.1, 0.15) is 5.75 Å². The van der Waals surface area contributed by atoms with E-state index in [0.717, 1.165) is 16.7 Å². The molecule has 2 aromatic rings. The number of ether oxygens (including phenoxy) is 1. The zero-order chi connectivity index (χ0) is 15.5. The molecule has 3 nitrogen and oxygen atoms in total. The predicted octanol–water partition coefficient (Wildman–Crippen LogP) is 3.45. The Labute approximate surface area is 120 Å². The summed E-state index contributed by atoms with van der Waals surface area (Å²) in [6.07, 6.45) is -4.69. The van der Waals surface area contributed by atoms with Crippen LogP contribution in [0.4, 0.5) is 13.2 Å². The molecule has 112 valence electrons. The minimum absolute atomic E-state index is 0.258. The Morgan fingerprint density at radius 3 is 2.24 bits per heavy atom. The van der Waals surface area contributed by atoms with Crippen molar-refractivity contribution in [1.82, 2.24) is 5.43 Å². The Bertz CT molecular complexity index is 597. The van der Waals surface area contributed by atoms with Crippen LogP contribution in [0.25, 0.3) is 0 Å². The number of rotatable bonds is 4. The van der Waals surface area contributed by atoms with Crippen LogP contribution >= 0.6 is 0 Å². The van der Waals surface area contributed by atoms with Crippen LogP contribution in [0.2, 0.25) is 0 Å². The summed E-state index contributed by atoms with van der Waals surface area (Å²) < 4.78 is 40.2. The summed E-state index contributed by atoms with van der Waals surface area (Å²) >= 11 is 0. The van der Waals surface area contributed by atoms with Gasteiger partial charge in [-0.2, -0.15) is 0 Å². The van der Waals surface area contributed by atoms with Gasteiger partial charge < -0.3 is 4.74 Å². The third kappa shape index (κ3) is 4.21. The minimum Gasteiger partial charge on any atom is -0.406 e. The number of alkyl halides is 3. The van der Waals surface area contributed by atoms with Crippen molar-refractivity contribution >= 4 is 0 Å². The molecule has 3 N–H and O–H groups in total. The highest BCUT2D eigenvalue weighted by atomic mass is 19.4. The Morgan fingerprint density at radius 2 is 1.71 bits per heavy atom. The molecule has 0 fully saturated rings. The molecule has 0 aliphatic rings. The Morgan fingerprint density at radius 1 is 1.05 bits per heavy atom. The number of hydrogen-bond donors (Lipinski definition) is 2. The SMILES string of the molecule is Cc1cccc(C(NN)c2ccc(OC(F)(F)F)cc2)c1. The van der Waals surface area contributed by atoms with E-state index in [-0.39, 0.29) is 11.8 Å². The summed E-state index contributed by atoms with van der Waals surface area (Å²) in [6.45, 7) is 1.96. The van der Waals surface area contributed by atoms with E-state index in [4.69, 9.17) is 5.84 Å². The molecule has 0 amide bonds. The quantitative estimate of drug-likeness (QED) is 0.671. The van der Waals surface area contributed by atoms with E-state index in [1.807, 2.05) is 31.2 Å². The second-order valence-electron chi connectivity index (χ2n) is 4.63. The first-order chi connectivity index (χ1) is 9.89. The average molecular weight is 296 g/mol. The second kappa shape index (κ2) is 6.15. The van der Waals surface area contributed by atoms with Crippen LogP contribution in [0, 0.1) is 6.92 Å². The maximum atomic E-state index is 12.1. The first-order valence-corrected chi connectivity index (χ1v) is 6.27. The molecular formula is C15H15F3N2O. The van der Waals surface area contributed by atoms with Crippen LogP contribution in [0.15, 0.2) is 48.5 Å². The third-order valence-corrected chi connectivity index (χ3v) is 2.99. The highest BCUT2D eigenvalue weighted by Gasteiger charge is 2.31. The van der Waals surface area contributed by atoms with Crippen molar-refractivity contribution in [2.24, 2.45) is 5.84 Å². The summed E-state index contributed by atoms with van der Waals surface area (Å²) in [7, 11) is 0. The molecule has 2 rings (SSSR count). The fraction of sp³-hybridized carbons (Fsp3) is 0.200. The van der Waals surface area contributed by atoms with Gasteiger partial charge in [-0.15, -0.1) is 13.2 Å². The number of benzene rings is 2. The van der Waals surface area contributed by atoms with E-state index in [9.17, 15) is 13.2 Å². The van der Waals surface area contributed by atoms with Crippen molar-refractivity contribution in [3.8, 4) is 5.75 Å². The molecule has 0 bridgehead atoms. The number of nitrogens with one attached hydrogen (secondary N) is 1. The minimum atomic E-state index is -4.69. The molecule has 0 saturated carbocycles. The van der Waals surface area contributed by atoms with Gasteiger partial charge in [0.2, 0.25) is 0 Å². The summed E-state index contributed by atoms with van der Waals surface area (Å²) in [5.74, 6) is 5.31. The van der Waals surface area contributed by atoms with E-state index in [1.54, 1.807) is 12.1 Å². The summed E-state index contributed by atoms with van der Waals surface area (Å²) in [5, 5.41) is 0. The van der Waals surface area contributed by atoms with Crippen molar-refractivity contribution in [3.05, 3.63) is 65.2 Å². The maximum absolute atomic E-state index is 12.1. The fourth-order valence-electron chi connectivity index (χ4n) is 2.10. The number of aryl methyl sites for hydroxylation is 1. The summed E-state index contributed by atoms with van der Waals surface area (Å²) in [6, 6.07) is 13.0. The third-order valence-electron chi connectivity index (χ3n) is 2.99. The van der Waals surface area contributed by atoms with Gasteiger partial charge in [-0.05, 0) is 30.2 Å². The Kier molecular flexibility index (Phi) is 4.50. The Hall–Kier alpha value is -2.05. The molecule has 0 spiro atoms. The van der Waals surface area contributed by atoms with Gasteiger partial charge in [0.05, 0.1) is 6.04 Å². The van der Waals surface area contributed by atoms with E-state index in [1.165, 1.54) is 12.1 Å². The van der Waals surface area contributed by atoms with Crippen molar-refractivity contribution in [1.29, 1.82) is 0 Å². The number of hydrazine groups is 1. The van der Waals surface area contributed by atoms with Gasteiger partial charge in [-0.25, -0.2) is 5.43 Å². The van der Waals surface area contributed by atoms with E-state index < -0.39 is 6.36 Å². The molecule has 21 heavy (non-hydrogen) atoms. The van der Waals surface area contributed by atoms with Crippen LogP contribution < -0.4 is 16.0 Å². The van der Waals surface area contributed by atoms with Gasteiger partial charge in [0, 0.05) is 0 Å². The van der Waals surface area contributed by atoms with Gasteiger partial charge in [0.15, 0.2) is 0 Å². The Balaban J connectivity index is 2.23. The zero-order valence-electron chi connectivity index (χ0n) is 11.3. The van der Waals surface area contributed by atoms with Gasteiger partial charge >= 0.3 is 6.36 Å². The van der Waals surface area contributed by atoms with Crippen LogP contribution in [0.3, 0.4) is 0 Å². The van der Waals surface area contributed by atoms with Crippen LogP contribution in [0.1, 0.15) is 22.7 Å². The lowest BCUT2D eigenvalue weighted by atomic mass is 9.98. The molecule has 0 saturated heterocycles. The number of nitrogens with two attached hydrogens (primary N) is 1. The molecule has 1 unspecified atom stereocenters. The largest absolute Gasteiger partial charge is 0.573 e.